The van der Waals surface area contributed by atoms with Gasteiger partial charge in [-0.1, -0.05) is 26.7 Å². The molecular weight excluding hydrogens is 150 g/mol. The van der Waals surface area contributed by atoms with Crippen LogP contribution in [0, 0.1) is 5.92 Å². The maximum atomic E-state index is 5.45. The van der Waals surface area contributed by atoms with Crippen LogP contribution in [0.4, 0.5) is 0 Å². The molecule has 0 saturated heterocycles. The maximum Gasteiger partial charge on any atom is 0.188 e. The minimum Gasteiger partial charge on any atom is -0.370 e. The Labute approximate surface area is 75.4 Å². The molecule has 3 N–H and O–H groups in total. The summed E-state index contributed by atoms with van der Waals surface area (Å²) < 4.78 is 0. The summed E-state index contributed by atoms with van der Waals surface area (Å²) in [5.74, 6) is 1.35. The first-order valence-electron chi connectivity index (χ1n) is 4.63. The van der Waals surface area contributed by atoms with Crippen molar-refractivity contribution in [1.29, 1.82) is 0 Å². The van der Waals surface area contributed by atoms with Crippen molar-refractivity contribution in [2.45, 2.75) is 33.1 Å². The molecule has 72 valence electrons. The van der Waals surface area contributed by atoms with Gasteiger partial charge in [-0.2, -0.15) is 0 Å². The number of hydrogen-bond donors (Lipinski definition) is 2. The van der Waals surface area contributed by atoms with Crippen molar-refractivity contribution >= 4 is 5.96 Å². The molecule has 0 heterocycles. The SMILES string of the molecule is CN=C(N)NCCCCC(C)C. The van der Waals surface area contributed by atoms with Crippen LogP contribution in [0.3, 0.4) is 0 Å². The third-order valence-corrected chi connectivity index (χ3v) is 1.76. The average molecular weight is 171 g/mol. The predicted molar refractivity (Wildman–Crippen MR) is 54.2 cm³/mol. The van der Waals surface area contributed by atoms with Gasteiger partial charge in [0.25, 0.3) is 0 Å². The summed E-state index contributed by atoms with van der Waals surface area (Å²) in [5, 5.41) is 3.03. The van der Waals surface area contributed by atoms with Crippen LogP contribution in [-0.4, -0.2) is 19.6 Å². The highest BCUT2D eigenvalue weighted by atomic mass is 15.1. The van der Waals surface area contributed by atoms with Crippen molar-refractivity contribution in [1.82, 2.24) is 5.32 Å². The highest BCUT2D eigenvalue weighted by Gasteiger charge is 1.93. The fourth-order valence-electron chi connectivity index (χ4n) is 0.973. The third-order valence-electron chi connectivity index (χ3n) is 1.76. The van der Waals surface area contributed by atoms with E-state index in [1.165, 1.54) is 19.3 Å². The first-order valence-corrected chi connectivity index (χ1v) is 4.63. The summed E-state index contributed by atoms with van der Waals surface area (Å²) >= 11 is 0. The molecule has 0 radical (unpaired) electrons. The van der Waals surface area contributed by atoms with Gasteiger partial charge in [0.05, 0.1) is 0 Å². The van der Waals surface area contributed by atoms with E-state index >= 15 is 0 Å². The summed E-state index contributed by atoms with van der Waals surface area (Å²) in [4.78, 5) is 3.80. The van der Waals surface area contributed by atoms with Crippen LogP contribution in [0.1, 0.15) is 33.1 Å². The van der Waals surface area contributed by atoms with Crippen LogP contribution in [0.25, 0.3) is 0 Å². The van der Waals surface area contributed by atoms with Crippen molar-refractivity contribution in [2.24, 2.45) is 16.6 Å². The fraction of sp³-hybridized carbons (Fsp3) is 0.889. The Balaban J connectivity index is 3.11. The number of nitrogens with zero attached hydrogens (tertiary/aromatic N) is 1. The average Bonchev–Trinajstić information content (AvgIpc) is 2.03. The van der Waals surface area contributed by atoms with Crippen molar-refractivity contribution in [3.8, 4) is 0 Å². The molecule has 0 bridgehead atoms. The summed E-state index contributed by atoms with van der Waals surface area (Å²) in [6.45, 7) is 5.43. The zero-order chi connectivity index (χ0) is 9.40. The van der Waals surface area contributed by atoms with Crippen molar-refractivity contribution in [3.05, 3.63) is 0 Å². The Morgan fingerprint density at radius 3 is 2.58 bits per heavy atom. The van der Waals surface area contributed by atoms with E-state index < -0.39 is 0 Å². The smallest absolute Gasteiger partial charge is 0.188 e. The van der Waals surface area contributed by atoms with Crippen LogP contribution >= 0.6 is 0 Å². The molecular formula is C9H21N3. The van der Waals surface area contributed by atoms with Gasteiger partial charge in [-0.3, -0.25) is 4.99 Å². The van der Waals surface area contributed by atoms with Crippen LogP contribution in [0.2, 0.25) is 0 Å². The van der Waals surface area contributed by atoms with Crippen molar-refractivity contribution < 1.29 is 0 Å². The molecule has 0 aromatic rings. The molecule has 0 unspecified atom stereocenters. The Kier molecular flexibility index (Phi) is 6.53. The molecule has 0 amide bonds. The van der Waals surface area contributed by atoms with Crippen LogP contribution in [-0.2, 0) is 0 Å². The largest absolute Gasteiger partial charge is 0.370 e. The molecule has 0 aliphatic rings. The Bertz CT molecular complexity index is 130. The predicted octanol–water partition coefficient (Wildman–Crippen LogP) is 1.35. The molecule has 0 atom stereocenters. The van der Waals surface area contributed by atoms with E-state index in [9.17, 15) is 0 Å². The maximum absolute atomic E-state index is 5.45. The number of nitrogens with two attached hydrogens (primary N) is 1. The minimum atomic E-state index is 0.541. The summed E-state index contributed by atoms with van der Waals surface area (Å²) in [6.07, 6.45) is 3.74. The second kappa shape index (κ2) is 6.95. The molecule has 12 heavy (non-hydrogen) atoms. The minimum absolute atomic E-state index is 0.541. The number of aliphatic imine (C=N–C) groups is 1. The van der Waals surface area contributed by atoms with Crippen LogP contribution < -0.4 is 11.1 Å². The molecule has 0 aliphatic heterocycles. The standard InChI is InChI=1S/C9H21N3/c1-8(2)6-4-5-7-12-9(10)11-3/h8H,4-7H2,1-3H3,(H3,10,11,12). The van der Waals surface area contributed by atoms with E-state index in [1.54, 1.807) is 7.05 Å². The Morgan fingerprint density at radius 2 is 2.08 bits per heavy atom. The normalized spacial score (nSPS) is 12.2. The van der Waals surface area contributed by atoms with Gasteiger partial charge in [0.2, 0.25) is 0 Å². The molecule has 0 aliphatic carbocycles. The monoisotopic (exact) mass is 171 g/mol. The molecule has 0 spiro atoms. The highest BCUT2D eigenvalue weighted by molar-refractivity contribution is 5.77. The van der Waals surface area contributed by atoms with E-state index in [0.29, 0.717) is 5.96 Å². The van der Waals surface area contributed by atoms with Gasteiger partial charge in [0.1, 0.15) is 0 Å². The van der Waals surface area contributed by atoms with Gasteiger partial charge < -0.3 is 11.1 Å². The van der Waals surface area contributed by atoms with Gasteiger partial charge in [-0.15, -0.1) is 0 Å². The zero-order valence-corrected chi connectivity index (χ0v) is 8.43. The highest BCUT2D eigenvalue weighted by Crippen LogP contribution is 2.04. The van der Waals surface area contributed by atoms with Crippen LogP contribution in [0.5, 0.6) is 0 Å². The number of nitrogens with one attached hydrogen (secondary N) is 1. The second-order valence-electron chi connectivity index (χ2n) is 3.43. The molecule has 3 nitrogen and oxygen atoms in total. The number of hydrogen-bond acceptors (Lipinski definition) is 1. The zero-order valence-electron chi connectivity index (χ0n) is 8.43. The molecule has 0 aromatic heterocycles. The lowest BCUT2D eigenvalue weighted by Gasteiger charge is -2.05. The summed E-state index contributed by atoms with van der Waals surface area (Å²) in [6, 6.07) is 0. The van der Waals surface area contributed by atoms with Crippen LogP contribution in [0.15, 0.2) is 4.99 Å². The van der Waals surface area contributed by atoms with Crippen molar-refractivity contribution in [2.75, 3.05) is 13.6 Å². The fourth-order valence-corrected chi connectivity index (χ4v) is 0.973. The molecule has 0 saturated carbocycles. The van der Waals surface area contributed by atoms with E-state index in [2.05, 4.69) is 24.2 Å². The summed E-state index contributed by atoms with van der Waals surface area (Å²) in [7, 11) is 1.69. The van der Waals surface area contributed by atoms with Gasteiger partial charge in [0, 0.05) is 13.6 Å². The van der Waals surface area contributed by atoms with E-state index in [4.69, 9.17) is 5.73 Å². The van der Waals surface area contributed by atoms with Gasteiger partial charge in [-0.05, 0) is 12.3 Å². The number of rotatable bonds is 5. The summed E-state index contributed by atoms with van der Waals surface area (Å²) in [5.41, 5.74) is 5.45. The quantitative estimate of drug-likeness (QED) is 0.372. The van der Waals surface area contributed by atoms with E-state index in [-0.39, 0.29) is 0 Å². The Morgan fingerprint density at radius 1 is 1.42 bits per heavy atom. The lowest BCUT2D eigenvalue weighted by Crippen LogP contribution is -2.32. The topological polar surface area (TPSA) is 50.4 Å². The van der Waals surface area contributed by atoms with E-state index in [0.717, 1.165) is 12.5 Å². The third kappa shape index (κ3) is 7.38. The number of guanidine groups is 1. The van der Waals surface area contributed by atoms with Gasteiger partial charge in [-0.25, -0.2) is 0 Å². The van der Waals surface area contributed by atoms with Crippen molar-refractivity contribution in [3.63, 3.8) is 0 Å². The number of unbranched alkanes of at least 4 members (excludes halogenated alkanes) is 1. The molecule has 0 aromatic carbocycles. The molecule has 0 rings (SSSR count). The lowest BCUT2D eigenvalue weighted by molar-refractivity contribution is 0.535. The Hall–Kier alpha value is -0.730. The van der Waals surface area contributed by atoms with Gasteiger partial charge in [0.15, 0.2) is 5.96 Å². The van der Waals surface area contributed by atoms with E-state index in [1.807, 2.05) is 0 Å². The first kappa shape index (κ1) is 11.3. The second-order valence-corrected chi connectivity index (χ2v) is 3.43. The first-order chi connectivity index (χ1) is 5.66. The lowest BCUT2D eigenvalue weighted by atomic mass is 10.1. The molecule has 0 fully saturated rings. The van der Waals surface area contributed by atoms with Gasteiger partial charge >= 0.3 is 0 Å². The molecule has 3 heteroatoms.